The lowest BCUT2D eigenvalue weighted by Gasteiger charge is -2.12. The highest BCUT2D eigenvalue weighted by molar-refractivity contribution is 7.03. The number of aromatic nitrogens is 2. The van der Waals surface area contributed by atoms with Crippen LogP contribution in [0.5, 0.6) is 5.75 Å². The van der Waals surface area contributed by atoms with E-state index in [1.807, 2.05) is 0 Å². The summed E-state index contributed by atoms with van der Waals surface area (Å²) in [5, 5.41) is 15.0. The molecule has 0 aliphatic carbocycles. The molecule has 1 atom stereocenters. The minimum absolute atomic E-state index is 0.254. The summed E-state index contributed by atoms with van der Waals surface area (Å²) < 4.78 is 43.5. The van der Waals surface area contributed by atoms with Gasteiger partial charge < -0.3 is 9.84 Å². The number of aliphatic hydroxyl groups excluding tert-OH is 1. The summed E-state index contributed by atoms with van der Waals surface area (Å²) in [6.45, 7) is 0. The normalized spacial score (nSPS) is 13.3. The fourth-order valence-corrected chi connectivity index (χ4v) is 1.82. The fourth-order valence-electron chi connectivity index (χ4n) is 1.34. The molecule has 8 heteroatoms. The van der Waals surface area contributed by atoms with Gasteiger partial charge in [-0.3, -0.25) is 0 Å². The van der Waals surface area contributed by atoms with Crippen LogP contribution in [0.1, 0.15) is 17.4 Å². The first kappa shape index (κ1) is 12.8. The Morgan fingerprint density at radius 2 is 2.11 bits per heavy atom. The number of halogens is 3. The van der Waals surface area contributed by atoms with Gasteiger partial charge in [-0.05, 0) is 29.2 Å². The molecule has 0 aliphatic rings. The van der Waals surface area contributed by atoms with Gasteiger partial charge >= 0.3 is 6.36 Å². The Hall–Kier alpha value is -1.67. The van der Waals surface area contributed by atoms with E-state index in [4.69, 9.17) is 0 Å². The lowest BCUT2D eigenvalue weighted by Crippen LogP contribution is -2.17. The standard InChI is InChI=1S/C10H7F3N2O2S/c11-10(12,13)17-7-3-1-2-6(4-7)9(16)8-5-18-15-14-8/h1-5,9,16H. The van der Waals surface area contributed by atoms with E-state index in [0.717, 1.165) is 23.7 Å². The first-order chi connectivity index (χ1) is 8.46. The number of nitrogens with zero attached hydrogens (tertiary/aromatic N) is 2. The Morgan fingerprint density at radius 3 is 2.72 bits per heavy atom. The molecule has 1 aromatic carbocycles. The quantitative estimate of drug-likeness (QED) is 0.936. The Balaban J connectivity index is 2.22. The Bertz CT molecular complexity index is 516. The maximum absolute atomic E-state index is 12.0. The number of rotatable bonds is 3. The van der Waals surface area contributed by atoms with E-state index in [-0.39, 0.29) is 17.0 Å². The lowest BCUT2D eigenvalue weighted by molar-refractivity contribution is -0.274. The zero-order chi connectivity index (χ0) is 13.2. The topological polar surface area (TPSA) is 55.2 Å². The van der Waals surface area contributed by atoms with Gasteiger partial charge in [-0.25, -0.2) is 0 Å². The number of aliphatic hydroxyl groups is 1. The fraction of sp³-hybridized carbons (Fsp3) is 0.200. The minimum atomic E-state index is -4.76. The highest BCUT2D eigenvalue weighted by atomic mass is 32.1. The van der Waals surface area contributed by atoms with E-state index in [2.05, 4.69) is 14.3 Å². The SMILES string of the molecule is OC(c1cccc(OC(F)(F)F)c1)c1csnn1. The van der Waals surface area contributed by atoms with Crippen LogP contribution in [-0.2, 0) is 0 Å². The van der Waals surface area contributed by atoms with E-state index < -0.39 is 12.5 Å². The van der Waals surface area contributed by atoms with Gasteiger partial charge in [-0.15, -0.1) is 18.3 Å². The molecule has 2 aromatic rings. The molecule has 0 spiro atoms. The number of benzene rings is 1. The van der Waals surface area contributed by atoms with Gasteiger partial charge in [0.1, 0.15) is 17.5 Å². The minimum Gasteiger partial charge on any atom is -0.406 e. The molecule has 0 fully saturated rings. The molecule has 1 unspecified atom stereocenters. The van der Waals surface area contributed by atoms with Gasteiger partial charge in [0.25, 0.3) is 0 Å². The van der Waals surface area contributed by atoms with Crippen LogP contribution in [0, 0.1) is 0 Å². The predicted molar refractivity (Wildman–Crippen MR) is 57.1 cm³/mol. The molecule has 1 N–H and O–H groups in total. The first-order valence-corrected chi connectivity index (χ1v) is 5.60. The summed E-state index contributed by atoms with van der Waals surface area (Å²) in [5.74, 6) is -0.387. The molecule has 0 amide bonds. The monoisotopic (exact) mass is 276 g/mol. The zero-order valence-electron chi connectivity index (χ0n) is 8.76. The molecule has 0 saturated heterocycles. The second-order valence-corrected chi connectivity index (χ2v) is 3.96. The van der Waals surface area contributed by atoms with Crippen molar-refractivity contribution in [2.24, 2.45) is 0 Å². The van der Waals surface area contributed by atoms with E-state index >= 15 is 0 Å². The van der Waals surface area contributed by atoms with E-state index in [1.165, 1.54) is 17.5 Å². The first-order valence-electron chi connectivity index (χ1n) is 4.76. The van der Waals surface area contributed by atoms with Gasteiger partial charge in [0, 0.05) is 5.38 Å². The summed E-state index contributed by atoms with van der Waals surface area (Å²) in [6, 6.07) is 5.10. The van der Waals surface area contributed by atoms with Gasteiger partial charge in [0.2, 0.25) is 0 Å². The molecular weight excluding hydrogens is 269 g/mol. The van der Waals surface area contributed by atoms with Crippen LogP contribution in [0.2, 0.25) is 0 Å². The summed E-state index contributed by atoms with van der Waals surface area (Å²) in [7, 11) is 0. The molecule has 0 radical (unpaired) electrons. The van der Waals surface area contributed by atoms with Crippen LogP contribution in [0.4, 0.5) is 13.2 Å². The smallest absolute Gasteiger partial charge is 0.406 e. The van der Waals surface area contributed by atoms with Crippen LogP contribution in [0.15, 0.2) is 29.6 Å². The lowest BCUT2D eigenvalue weighted by atomic mass is 10.1. The third-order valence-electron chi connectivity index (χ3n) is 2.06. The maximum atomic E-state index is 12.0. The number of hydrogen-bond donors (Lipinski definition) is 1. The summed E-state index contributed by atoms with van der Waals surface area (Å²) in [6.07, 6.45) is -5.88. The molecule has 0 bridgehead atoms. The van der Waals surface area contributed by atoms with E-state index in [9.17, 15) is 18.3 Å². The van der Waals surface area contributed by atoms with Crippen molar-refractivity contribution < 1.29 is 23.0 Å². The summed E-state index contributed by atoms with van der Waals surface area (Å²) in [4.78, 5) is 0. The van der Waals surface area contributed by atoms with Gasteiger partial charge in [-0.1, -0.05) is 16.6 Å². The maximum Gasteiger partial charge on any atom is 0.573 e. The number of alkyl halides is 3. The van der Waals surface area contributed by atoms with Crippen molar-refractivity contribution in [3.05, 3.63) is 40.9 Å². The zero-order valence-corrected chi connectivity index (χ0v) is 9.57. The molecule has 96 valence electrons. The third kappa shape index (κ3) is 3.17. The van der Waals surface area contributed by atoms with Crippen molar-refractivity contribution in [2.45, 2.75) is 12.5 Å². The van der Waals surface area contributed by atoms with Crippen molar-refractivity contribution in [1.29, 1.82) is 0 Å². The largest absolute Gasteiger partial charge is 0.573 e. The number of ether oxygens (including phenoxy) is 1. The molecule has 1 heterocycles. The van der Waals surface area contributed by atoms with Gasteiger partial charge in [0.05, 0.1) is 0 Å². The van der Waals surface area contributed by atoms with Crippen LogP contribution < -0.4 is 4.74 Å². The average molecular weight is 276 g/mol. The highest BCUT2D eigenvalue weighted by Gasteiger charge is 2.31. The summed E-state index contributed by atoms with van der Waals surface area (Å²) >= 11 is 1.04. The average Bonchev–Trinajstić information content (AvgIpc) is 2.79. The number of hydrogen-bond acceptors (Lipinski definition) is 5. The Labute approximate surface area is 104 Å². The Morgan fingerprint density at radius 1 is 1.33 bits per heavy atom. The third-order valence-corrected chi connectivity index (χ3v) is 2.59. The summed E-state index contributed by atoms with van der Waals surface area (Å²) in [5.41, 5.74) is 0.536. The molecule has 4 nitrogen and oxygen atoms in total. The van der Waals surface area contributed by atoms with Crippen LogP contribution in [0.25, 0.3) is 0 Å². The van der Waals surface area contributed by atoms with Gasteiger partial charge in [0.15, 0.2) is 0 Å². The van der Waals surface area contributed by atoms with Crippen molar-refractivity contribution in [2.75, 3.05) is 0 Å². The molecule has 0 saturated carbocycles. The predicted octanol–water partition coefficient (Wildman–Crippen LogP) is 2.52. The van der Waals surface area contributed by atoms with Crippen molar-refractivity contribution in [1.82, 2.24) is 9.59 Å². The van der Waals surface area contributed by atoms with Crippen LogP contribution >= 0.6 is 11.5 Å². The molecule has 18 heavy (non-hydrogen) atoms. The van der Waals surface area contributed by atoms with E-state index in [0.29, 0.717) is 0 Å². The van der Waals surface area contributed by atoms with Crippen LogP contribution in [-0.4, -0.2) is 21.1 Å². The molecule has 2 rings (SSSR count). The van der Waals surface area contributed by atoms with Crippen molar-refractivity contribution in [3.8, 4) is 5.75 Å². The van der Waals surface area contributed by atoms with Crippen LogP contribution in [0.3, 0.4) is 0 Å². The highest BCUT2D eigenvalue weighted by Crippen LogP contribution is 2.27. The Kier molecular flexibility index (Phi) is 3.48. The second kappa shape index (κ2) is 4.91. The molecular formula is C10H7F3N2O2S. The molecule has 0 aliphatic heterocycles. The van der Waals surface area contributed by atoms with Crippen molar-refractivity contribution in [3.63, 3.8) is 0 Å². The second-order valence-electron chi connectivity index (χ2n) is 3.35. The van der Waals surface area contributed by atoms with E-state index in [1.54, 1.807) is 0 Å². The van der Waals surface area contributed by atoms with Gasteiger partial charge in [-0.2, -0.15) is 0 Å². The van der Waals surface area contributed by atoms with Crippen molar-refractivity contribution >= 4 is 11.5 Å². The molecule has 1 aromatic heterocycles.